The Morgan fingerprint density at radius 3 is 2.33 bits per heavy atom. The molecule has 10 nitrogen and oxygen atoms in total. The number of carbonyl (C=O) groups is 5. The first-order valence-corrected chi connectivity index (χ1v) is 11.3. The van der Waals surface area contributed by atoms with E-state index in [1.165, 1.54) is 36.4 Å². The lowest BCUT2D eigenvalue weighted by Crippen LogP contribution is -2.36. The van der Waals surface area contributed by atoms with Crippen LogP contribution in [0.4, 0.5) is 10.5 Å². The van der Waals surface area contributed by atoms with Crippen molar-refractivity contribution in [1.82, 2.24) is 4.90 Å². The first kappa shape index (κ1) is 24.8. The molecule has 2 heterocycles. The van der Waals surface area contributed by atoms with Gasteiger partial charge in [-0.15, -0.1) is 0 Å². The molecule has 0 unspecified atom stereocenters. The molecule has 182 valence electrons. The molecule has 1 aromatic heterocycles. The van der Waals surface area contributed by atoms with E-state index in [1.54, 1.807) is 18.2 Å². The number of carboxylic acids is 2. The summed E-state index contributed by atoms with van der Waals surface area (Å²) in [6.45, 7) is -0.502. The highest BCUT2D eigenvalue weighted by molar-refractivity contribution is 8.18. The van der Waals surface area contributed by atoms with E-state index < -0.39 is 35.5 Å². The largest absolute Gasteiger partial charge is 0.478 e. The van der Waals surface area contributed by atoms with Gasteiger partial charge in [0, 0.05) is 22.3 Å². The van der Waals surface area contributed by atoms with Gasteiger partial charge in [-0.05, 0) is 60.3 Å². The van der Waals surface area contributed by atoms with Crippen LogP contribution in [0.2, 0.25) is 5.02 Å². The van der Waals surface area contributed by atoms with Gasteiger partial charge in [-0.25, -0.2) is 9.59 Å². The zero-order valence-corrected chi connectivity index (χ0v) is 19.6. The zero-order chi connectivity index (χ0) is 26.0. The molecule has 2 aromatic carbocycles. The first-order valence-electron chi connectivity index (χ1n) is 10.1. The molecule has 1 aliphatic heterocycles. The predicted octanol–water partition coefficient (Wildman–Crippen LogP) is 4.67. The molecule has 0 aliphatic carbocycles. The fraction of sp³-hybridized carbons (Fsp3) is 0.0417. The molecule has 0 radical (unpaired) electrons. The minimum atomic E-state index is -1.31. The quantitative estimate of drug-likeness (QED) is 0.372. The molecule has 3 amide bonds. The van der Waals surface area contributed by atoms with Crippen LogP contribution in [0, 0.1) is 0 Å². The smallest absolute Gasteiger partial charge is 0.335 e. The Morgan fingerprint density at radius 2 is 1.69 bits per heavy atom. The monoisotopic (exact) mass is 526 g/mol. The Balaban J connectivity index is 1.51. The molecule has 1 aliphatic rings. The molecule has 4 rings (SSSR count). The van der Waals surface area contributed by atoms with E-state index >= 15 is 0 Å². The number of hydrogen-bond donors (Lipinski definition) is 3. The van der Waals surface area contributed by atoms with E-state index in [9.17, 15) is 34.2 Å². The molecule has 3 aromatic rings. The minimum absolute atomic E-state index is 0.0157. The number of rotatable bonds is 7. The predicted molar refractivity (Wildman–Crippen MR) is 131 cm³/mol. The molecular weight excluding hydrogens is 512 g/mol. The highest BCUT2D eigenvalue weighted by Gasteiger charge is 2.36. The lowest BCUT2D eigenvalue weighted by molar-refractivity contribution is -0.127. The van der Waals surface area contributed by atoms with Gasteiger partial charge < -0.3 is 19.9 Å². The van der Waals surface area contributed by atoms with E-state index in [2.05, 4.69) is 5.32 Å². The Kier molecular flexibility index (Phi) is 6.95. The third-order valence-electron chi connectivity index (χ3n) is 4.90. The van der Waals surface area contributed by atoms with Gasteiger partial charge >= 0.3 is 11.9 Å². The summed E-state index contributed by atoms with van der Waals surface area (Å²) >= 11 is 6.51. The van der Waals surface area contributed by atoms with Crippen molar-refractivity contribution in [2.75, 3.05) is 11.9 Å². The topological polar surface area (TPSA) is 154 Å². The molecule has 0 spiro atoms. The van der Waals surface area contributed by atoms with E-state index in [4.69, 9.17) is 16.0 Å². The fourth-order valence-corrected chi connectivity index (χ4v) is 4.29. The number of amides is 3. The number of carboxylic acid groups (broad SMARTS) is 2. The minimum Gasteiger partial charge on any atom is -0.478 e. The van der Waals surface area contributed by atoms with Gasteiger partial charge in [-0.1, -0.05) is 17.7 Å². The summed E-state index contributed by atoms with van der Waals surface area (Å²) in [7, 11) is 0. The Bertz CT molecular complexity index is 1430. The molecule has 0 saturated carbocycles. The van der Waals surface area contributed by atoms with E-state index in [-0.39, 0.29) is 33.1 Å². The molecule has 1 fully saturated rings. The fourth-order valence-electron chi connectivity index (χ4n) is 3.28. The second-order valence-corrected chi connectivity index (χ2v) is 8.87. The first-order chi connectivity index (χ1) is 17.1. The highest BCUT2D eigenvalue weighted by atomic mass is 35.5. The van der Waals surface area contributed by atoms with Crippen LogP contribution < -0.4 is 5.32 Å². The van der Waals surface area contributed by atoms with Crippen LogP contribution in [-0.2, 0) is 9.59 Å². The van der Waals surface area contributed by atoms with Crippen LogP contribution in [0.1, 0.15) is 26.5 Å². The molecule has 1 saturated heterocycles. The van der Waals surface area contributed by atoms with Crippen LogP contribution in [0.15, 0.2) is 63.9 Å². The number of nitrogens with one attached hydrogen (secondary N) is 1. The summed E-state index contributed by atoms with van der Waals surface area (Å²) in [5.74, 6) is -3.57. The lowest BCUT2D eigenvalue weighted by atomic mass is 10.0. The molecule has 12 heteroatoms. The summed E-state index contributed by atoms with van der Waals surface area (Å²) < 4.78 is 5.64. The third-order valence-corrected chi connectivity index (χ3v) is 6.04. The summed E-state index contributed by atoms with van der Waals surface area (Å²) in [4.78, 5) is 60.9. The maximum Gasteiger partial charge on any atom is 0.335 e. The van der Waals surface area contributed by atoms with Crippen molar-refractivity contribution in [1.29, 1.82) is 0 Å². The summed E-state index contributed by atoms with van der Waals surface area (Å²) in [6, 6.07) is 12.9. The highest BCUT2D eigenvalue weighted by Crippen LogP contribution is 2.33. The average Bonchev–Trinajstić information content (AvgIpc) is 3.39. The number of carbonyl (C=O) groups excluding carboxylic acids is 3. The number of aromatic carboxylic acids is 2. The Labute approximate surface area is 212 Å². The number of benzene rings is 2. The zero-order valence-electron chi connectivity index (χ0n) is 18.1. The number of furan rings is 1. The standard InChI is InChI=1S/C24H15ClN2O8S/c25-15-2-1-3-16(9-15)26-20(28)11-27-21(29)19(36-24(27)34)10-17-4-5-18(35-17)12-6-13(22(30)31)8-14(7-12)23(32)33/h1-10H,11H2,(H,26,28)(H,30,31)(H,32,33). The number of halogens is 1. The second-order valence-electron chi connectivity index (χ2n) is 7.44. The van der Waals surface area contributed by atoms with E-state index in [0.29, 0.717) is 22.5 Å². The van der Waals surface area contributed by atoms with Gasteiger partial charge in [0.15, 0.2) is 0 Å². The van der Waals surface area contributed by atoms with Crippen molar-refractivity contribution in [3.8, 4) is 11.3 Å². The molecule has 36 heavy (non-hydrogen) atoms. The van der Waals surface area contributed by atoms with Gasteiger partial charge in [0.1, 0.15) is 18.1 Å². The third kappa shape index (κ3) is 5.48. The van der Waals surface area contributed by atoms with Crippen molar-refractivity contribution in [2.45, 2.75) is 0 Å². The summed E-state index contributed by atoms with van der Waals surface area (Å²) in [5, 5.41) is 20.8. The van der Waals surface area contributed by atoms with Crippen molar-refractivity contribution >= 4 is 64.1 Å². The van der Waals surface area contributed by atoms with Gasteiger partial charge in [0.2, 0.25) is 5.91 Å². The van der Waals surface area contributed by atoms with Crippen LogP contribution in [-0.4, -0.2) is 50.6 Å². The molecule has 0 bridgehead atoms. The van der Waals surface area contributed by atoms with Gasteiger partial charge in [-0.2, -0.15) is 0 Å². The lowest BCUT2D eigenvalue weighted by Gasteiger charge is -2.12. The van der Waals surface area contributed by atoms with Gasteiger partial charge in [0.05, 0.1) is 16.0 Å². The Hall–Kier alpha value is -4.35. The number of nitrogens with zero attached hydrogens (tertiary/aromatic N) is 1. The maximum absolute atomic E-state index is 12.7. The molecule has 0 atom stereocenters. The van der Waals surface area contributed by atoms with Crippen molar-refractivity contribution < 1.29 is 38.6 Å². The molecule has 3 N–H and O–H groups in total. The maximum atomic E-state index is 12.7. The summed E-state index contributed by atoms with van der Waals surface area (Å²) in [6.07, 6.45) is 1.31. The normalized spacial score (nSPS) is 14.4. The van der Waals surface area contributed by atoms with Crippen molar-refractivity contribution in [3.05, 3.63) is 81.4 Å². The Morgan fingerprint density at radius 1 is 1.00 bits per heavy atom. The second kappa shape index (κ2) is 10.1. The van der Waals surface area contributed by atoms with Crippen molar-refractivity contribution in [2.24, 2.45) is 0 Å². The number of imide groups is 1. The SMILES string of the molecule is O=C(CN1C(=O)SC(=Cc2ccc(-c3cc(C(=O)O)cc(C(=O)O)c3)o2)C1=O)Nc1cccc(Cl)c1. The molecular formula is C24H15ClN2O8S. The van der Waals surface area contributed by atoms with Gasteiger partial charge in [0.25, 0.3) is 11.1 Å². The summed E-state index contributed by atoms with van der Waals surface area (Å²) in [5.41, 5.74) is 0.147. The van der Waals surface area contributed by atoms with Crippen LogP contribution >= 0.6 is 23.4 Å². The van der Waals surface area contributed by atoms with E-state index in [0.717, 1.165) is 11.0 Å². The number of thioether (sulfide) groups is 1. The van der Waals surface area contributed by atoms with Gasteiger partial charge in [-0.3, -0.25) is 19.3 Å². The van der Waals surface area contributed by atoms with Crippen LogP contribution in [0.3, 0.4) is 0 Å². The van der Waals surface area contributed by atoms with Crippen molar-refractivity contribution in [3.63, 3.8) is 0 Å². The van der Waals surface area contributed by atoms with Crippen LogP contribution in [0.5, 0.6) is 0 Å². The number of anilines is 1. The van der Waals surface area contributed by atoms with E-state index in [1.807, 2.05) is 0 Å². The number of hydrogen-bond acceptors (Lipinski definition) is 7. The average molecular weight is 527 g/mol. The van der Waals surface area contributed by atoms with Crippen LogP contribution in [0.25, 0.3) is 17.4 Å².